The molecule has 1 unspecified atom stereocenters. The number of rotatable bonds is 2. The molecule has 0 spiro atoms. The molecule has 17 heavy (non-hydrogen) atoms. The Bertz CT molecular complexity index is 417. The molecule has 1 fully saturated rings. The molecule has 0 aromatic heterocycles. The number of hydrogen-bond acceptors (Lipinski definition) is 2. The van der Waals surface area contributed by atoms with E-state index in [1.807, 2.05) is 19.1 Å². The molecule has 1 aromatic carbocycles. The van der Waals surface area contributed by atoms with Gasteiger partial charge < -0.3 is 5.32 Å². The van der Waals surface area contributed by atoms with Crippen molar-refractivity contribution in [1.29, 1.82) is 0 Å². The molecule has 1 heterocycles. The third-order valence-corrected chi connectivity index (χ3v) is 2.75. The molecule has 0 bridgehead atoms. The zero-order valence-corrected chi connectivity index (χ0v) is 9.47. The van der Waals surface area contributed by atoms with Crippen LogP contribution in [-0.4, -0.2) is 24.4 Å². The maximum Gasteiger partial charge on any atom is 0.262 e. The molecule has 1 atom stereocenters. The predicted molar refractivity (Wildman–Crippen MR) is 61.2 cm³/mol. The van der Waals surface area contributed by atoms with Gasteiger partial charge >= 0.3 is 0 Å². The van der Waals surface area contributed by atoms with Gasteiger partial charge in [0.25, 0.3) is 5.92 Å². The topological polar surface area (TPSA) is 41.1 Å². The van der Waals surface area contributed by atoms with Crippen molar-refractivity contribution < 1.29 is 13.6 Å². The monoisotopic (exact) mass is 240 g/mol. The van der Waals surface area contributed by atoms with Gasteiger partial charge in [-0.05, 0) is 19.1 Å². The maximum atomic E-state index is 12.9. The molecule has 2 rings (SSSR count). The Morgan fingerprint density at radius 1 is 1.41 bits per heavy atom. The molecule has 1 aliphatic heterocycles. The number of amides is 1. The number of hydrogen-bond donors (Lipinski definition) is 2. The Labute approximate surface area is 98.2 Å². The number of carbonyl (C=O) groups excluding carboxylic acids is 1. The minimum atomic E-state index is -2.78. The zero-order chi connectivity index (χ0) is 12.5. The van der Waals surface area contributed by atoms with Crippen molar-refractivity contribution in [3.05, 3.63) is 29.8 Å². The lowest BCUT2D eigenvalue weighted by molar-refractivity contribution is -0.118. The van der Waals surface area contributed by atoms with Crippen LogP contribution in [-0.2, 0) is 4.79 Å². The molecule has 5 heteroatoms. The van der Waals surface area contributed by atoms with Crippen molar-refractivity contribution in [2.75, 3.05) is 11.9 Å². The summed E-state index contributed by atoms with van der Waals surface area (Å²) in [5.41, 5.74) is 1.70. The number of anilines is 1. The zero-order valence-electron chi connectivity index (χ0n) is 9.47. The second-order valence-electron chi connectivity index (χ2n) is 4.35. The summed E-state index contributed by atoms with van der Waals surface area (Å²) in [4.78, 5) is 11.7. The normalized spacial score (nSPS) is 22.4. The molecule has 3 nitrogen and oxygen atoms in total. The molecule has 1 aliphatic rings. The van der Waals surface area contributed by atoms with Crippen molar-refractivity contribution in [1.82, 2.24) is 5.32 Å². The summed E-state index contributed by atoms with van der Waals surface area (Å²) in [5, 5.41) is 5.13. The van der Waals surface area contributed by atoms with E-state index < -0.39 is 30.8 Å². The van der Waals surface area contributed by atoms with Crippen LogP contribution in [0.15, 0.2) is 24.3 Å². The second-order valence-corrected chi connectivity index (χ2v) is 4.35. The molecule has 0 radical (unpaired) electrons. The molecule has 1 saturated heterocycles. The van der Waals surface area contributed by atoms with Gasteiger partial charge in [0.1, 0.15) is 0 Å². The molecule has 0 aliphatic carbocycles. The molecular weight excluding hydrogens is 226 g/mol. The van der Waals surface area contributed by atoms with Crippen LogP contribution in [0.3, 0.4) is 0 Å². The van der Waals surface area contributed by atoms with Crippen molar-refractivity contribution >= 4 is 11.6 Å². The first-order valence-corrected chi connectivity index (χ1v) is 5.45. The average Bonchev–Trinajstić information content (AvgIpc) is 2.62. The van der Waals surface area contributed by atoms with Crippen LogP contribution in [0.1, 0.15) is 12.0 Å². The fraction of sp³-hybridized carbons (Fsp3) is 0.417. The fourth-order valence-electron chi connectivity index (χ4n) is 1.77. The fourth-order valence-corrected chi connectivity index (χ4v) is 1.77. The lowest BCUT2D eigenvalue weighted by Gasteiger charge is -2.11. The van der Waals surface area contributed by atoms with E-state index in [0.29, 0.717) is 5.69 Å². The van der Waals surface area contributed by atoms with E-state index in [1.165, 1.54) is 0 Å². The highest BCUT2D eigenvalue weighted by atomic mass is 19.3. The van der Waals surface area contributed by atoms with Crippen molar-refractivity contribution in [3.63, 3.8) is 0 Å². The Morgan fingerprint density at radius 3 is 2.59 bits per heavy atom. The van der Waals surface area contributed by atoms with E-state index in [2.05, 4.69) is 10.6 Å². The van der Waals surface area contributed by atoms with E-state index in [-0.39, 0.29) is 0 Å². The van der Waals surface area contributed by atoms with Crippen LogP contribution >= 0.6 is 0 Å². The summed E-state index contributed by atoms with van der Waals surface area (Å²) in [7, 11) is 0. The van der Waals surface area contributed by atoms with Gasteiger partial charge in [-0.25, -0.2) is 8.78 Å². The predicted octanol–water partition coefficient (Wildman–Crippen LogP) is 1.93. The lowest BCUT2D eigenvalue weighted by atomic mass is 10.1. The number of benzene rings is 1. The number of aryl methyl sites for hydroxylation is 1. The smallest absolute Gasteiger partial charge is 0.262 e. The van der Waals surface area contributed by atoms with Crippen LogP contribution in [0, 0.1) is 6.92 Å². The van der Waals surface area contributed by atoms with Crippen LogP contribution in [0.2, 0.25) is 0 Å². The highest BCUT2D eigenvalue weighted by Gasteiger charge is 2.42. The highest BCUT2D eigenvalue weighted by Crippen LogP contribution is 2.25. The van der Waals surface area contributed by atoms with Gasteiger partial charge in [0.05, 0.1) is 12.6 Å². The van der Waals surface area contributed by atoms with Crippen molar-refractivity contribution in [2.24, 2.45) is 0 Å². The minimum absolute atomic E-state index is 0.411. The summed E-state index contributed by atoms with van der Waals surface area (Å²) in [5.74, 6) is -3.19. The Hall–Kier alpha value is -1.49. The quantitative estimate of drug-likeness (QED) is 0.829. The Morgan fingerprint density at radius 2 is 2.06 bits per heavy atom. The SMILES string of the molecule is Cc1ccc(NC(=O)C2CC(F)(F)CN2)cc1. The average molecular weight is 240 g/mol. The largest absolute Gasteiger partial charge is 0.325 e. The Kier molecular flexibility index (Phi) is 3.11. The summed E-state index contributed by atoms with van der Waals surface area (Å²) in [6.07, 6.45) is -0.440. The van der Waals surface area contributed by atoms with Crippen LogP contribution in [0.5, 0.6) is 0 Å². The molecule has 1 amide bonds. The molecule has 2 N–H and O–H groups in total. The van der Waals surface area contributed by atoms with Gasteiger partial charge in [-0.3, -0.25) is 10.1 Å². The first-order valence-electron chi connectivity index (χ1n) is 5.45. The summed E-state index contributed by atoms with van der Waals surface area (Å²) >= 11 is 0. The van der Waals surface area contributed by atoms with Gasteiger partial charge in [-0.15, -0.1) is 0 Å². The van der Waals surface area contributed by atoms with Gasteiger partial charge in [-0.1, -0.05) is 17.7 Å². The first kappa shape index (κ1) is 12.0. The molecule has 1 aromatic rings. The van der Waals surface area contributed by atoms with Crippen molar-refractivity contribution in [2.45, 2.75) is 25.3 Å². The van der Waals surface area contributed by atoms with Gasteiger partial charge in [0.15, 0.2) is 0 Å². The summed E-state index contributed by atoms with van der Waals surface area (Å²) in [6, 6.07) is 6.39. The number of halogens is 2. The number of alkyl halides is 2. The third kappa shape index (κ3) is 3.00. The van der Waals surface area contributed by atoms with Crippen molar-refractivity contribution in [3.8, 4) is 0 Å². The molecule has 0 saturated carbocycles. The number of nitrogens with one attached hydrogen (secondary N) is 2. The standard InChI is InChI=1S/C12H14F2N2O/c1-8-2-4-9(5-3-8)16-11(17)10-6-12(13,14)7-15-10/h2-5,10,15H,6-7H2,1H3,(H,16,17). The second kappa shape index (κ2) is 4.41. The van der Waals surface area contributed by atoms with E-state index in [9.17, 15) is 13.6 Å². The minimum Gasteiger partial charge on any atom is -0.325 e. The summed E-state index contributed by atoms with van der Waals surface area (Å²) < 4.78 is 25.8. The van der Waals surface area contributed by atoms with E-state index in [1.54, 1.807) is 12.1 Å². The third-order valence-electron chi connectivity index (χ3n) is 2.75. The van der Waals surface area contributed by atoms with E-state index in [0.717, 1.165) is 5.56 Å². The van der Waals surface area contributed by atoms with E-state index >= 15 is 0 Å². The van der Waals surface area contributed by atoms with E-state index in [4.69, 9.17) is 0 Å². The highest BCUT2D eigenvalue weighted by molar-refractivity contribution is 5.95. The van der Waals surface area contributed by atoms with Crippen LogP contribution < -0.4 is 10.6 Å². The van der Waals surface area contributed by atoms with Crippen LogP contribution in [0.25, 0.3) is 0 Å². The number of carbonyl (C=O) groups is 1. The molecule has 92 valence electrons. The maximum absolute atomic E-state index is 12.9. The summed E-state index contributed by atoms with van der Waals surface area (Å²) in [6.45, 7) is 1.50. The first-order chi connectivity index (χ1) is 7.96. The van der Waals surface area contributed by atoms with Gasteiger partial charge in [0.2, 0.25) is 5.91 Å². The molecular formula is C12H14F2N2O. The Balaban J connectivity index is 1.96. The van der Waals surface area contributed by atoms with Gasteiger partial charge in [-0.2, -0.15) is 0 Å². The van der Waals surface area contributed by atoms with Crippen LogP contribution in [0.4, 0.5) is 14.5 Å². The van der Waals surface area contributed by atoms with Gasteiger partial charge in [0, 0.05) is 12.1 Å². The lowest BCUT2D eigenvalue weighted by Crippen LogP contribution is -2.35.